The van der Waals surface area contributed by atoms with Crippen LogP contribution < -0.4 is 9.62 Å². The average molecular weight is 549 g/mol. The fourth-order valence-electron chi connectivity index (χ4n) is 4.36. The van der Waals surface area contributed by atoms with Crippen molar-refractivity contribution in [3.05, 3.63) is 102 Å². The number of carbonyl (C=O) groups excluding carboxylic acids is 2. The number of hydrogen-bond acceptors (Lipinski definition) is 7. The Labute approximate surface area is 228 Å². The minimum atomic E-state index is -2.43. The maximum Gasteiger partial charge on any atom is 0.339 e. The van der Waals surface area contributed by atoms with E-state index in [1.165, 1.54) is 25.6 Å². The van der Waals surface area contributed by atoms with Crippen molar-refractivity contribution < 1.29 is 32.6 Å². The molecule has 4 rings (SSSR count). The summed E-state index contributed by atoms with van der Waals surface area (Å²) in [4.78, 5) is 24.7. The lowest BCUT2D eigenvalue weighted by atomic mass is 10.0. The van der Waals surface area contributed by atoms with Crippen molar-refractivity contribution in [1.82, 2.24) is 0 Å². The molecule has 0 aliphatic rings. The van der Waals surface area contributed by atoms with Crippen LogP contribution >= 0.6 is 0 Å². The first-order valence-corrected chi connectivity index (χ1v) is 13.0. The summed E-state index contributed by atoms with van der Waals surface area (Å²) >= 11 is -2.43. The lowest BCUT2D eigenvalue weighted by Crippen LogP contribution is -2.23. The molecule has 0 aliphatic carbocycles. The van der Waals surface area contributed by atoms with E-state index < -0.39 is 35.4 Å². The van der Waals surface area contributed by atoms with Gasteiger partial charge in [0.15, 0.2) is 12.1 Å². The first kappa shape index (κ1) is 27.8. The van der Waals surface area contributed by atoms with Gasteiger partial charge in [-0.1, -0.05) is 66.7 Å². The van der Waals surface area contributed by atoms with Gasteiger partial charge in [0, 0.05) is 23.6 Å². The molecule has 0 saturated heterocycles. The topological polar surface area (TPSA) is 114 Å². The highest BCUT2D eigenvalue weighted by atomic mass is 32.2. The Bertz CT molecular complexity index is 1480. The Morgan fingerprint density at radius 2 is 1.38 bits per heavy atom. The van der Waals surface area contributed by atoms with E-state index in [0.29, 0.717) is 28.0 Å². The minimum absolute atomic E-state index is 0.418. The number of hydrogen-bond donors (Lipinski definition) is 2. The van der Waals surface area contributed by atoms with Crippen LogP contribution in [0.4, 0.5) is 17.1 Å². The molecule has 4 aromatic carbocycles. The number of anilines is 3. The Balaban J connectivity index is 1.75. The van der Waals surface area contributed by atoms with E-state index in [-0.39, 0.29) is 0 Å². The molecule has 0 spiro atoms. The van der Waals surface area contributed by atoms with Crippen LogP contribution in [0, 0.1) is 0 Å². The zero-order valence-corrected chi connectivity index (χ0v) is 22.4. The summed E-state index contributed by atoms with van der Waals surface area (Å²) in [5.74, 6) is -1.00. The Kier molecular flexibility index (Phi) is 8.92. The second-order valence-corrected chi connectivity index (χ2v) is 9.27. The van der Waals surface area contributed by atoms with E-state index in [1.807, 2.05) is 54.6 Å². The number of nitrogens with one attached hydrogen (secondary N) is 1. The normalized spacial score (nSPS) is 13.2. The van der Waals surface area contributed by atoms with Crippen molar-refractivity contribution >= 4 is 51.0 Å². The molecule has 4 aromatic rings. The number of carbonyl (C=O) groups is 2. The van der Waals surface area contributed by atoms with Gasteiger partial charge in [0.2, 0.25) is 0 Å². The van der Waals surface area contributed by atoms with E-state index in [4.69, 9.17) is 14.2 Å². The molecule has 39 heavy (non-hydrogen) atoms. The lowest BCUT2D eigenvalue weighted by molar-refractivity contribution is -0.152. The smallest absolute Gasteiger partial charge is 0.339 e. The highest BCUT2D eigenvalue weighted by Crippen LogP contribution is 2.38. The molecule has 0 aromatic heterocycles. The predicted molar refractivity (Wildman–Crippen MR) is 150 cm³/mol. The van der Waals surface area contributed by atoms with Gasteiger partial charge in [-0.2, -0.15) is 0 Å². The molecule has 2 N–H and O–H groups in total. The number of benzene rings is 4. The first-order chi connectivity index (χ1) is 18.9. The molecule has 202 valence electrons. The van der Waals surface area contributed by atoms with E-state index in [9.17, 15) is 18.4 Å². The lowest BCUT2D eigenvalue weighted by Gasteiger charge is -2.25. The van der Waals surface area contributed by atoms with Crippen molar-refractivity contribution in [2.45, 2.75) is 12.1 Å². The third-order valence-corrected chi connectivity index (χ3v) is 6.95. The van der Waals surface area contributed by atoms with Gasteiger partial charge >= 0.3 is 11.9 Å². The highest BCUT2D eigenvalue weighted by molar-refractivity contribution is 7.81. The molecule has 0 bridgehead atoms. The average Bonchev–Trinajstić information content (AvgIpc) is 2.97. The fraction of sp³-hybridized carbons (Fsp3) is 0.172. The Hall–Kier alpha value is -4.25. The number of fused-ring (bicyclic) bond motifs is 1. The molecular weight excluding hydrogens is 520 g/mol. The van der Waals surface area contributed by atoms with Gasteiger partial charge in [0.25, 0.3) is 11.3 Å². The summed E-state index contributed by atoms with van der Waals surface area (Å²) < 4.78 is 39.3. The van der Waals surface area contributed by atoms with Crippen LogP contribution in [-0.4, -0.2) is 42.0 Å². The molecule has 0 aliphatic heterocycles. The standard InChI is InChI=1S/C29H28N2O7S/c1-36-27(29(33)38-3)20-13-15-21(16-14-20)31(39(34)35)25-18-17-24(22-11-7-8-12-23(22)25)30-26(28(32)37-2)19-9-5-4-6-10-19/h4-18,26-27,30H,1-3H3,(H,34,35)/t26-,27-/m0/s1. The Morgan fingerprint density at radius 1 is 0.769 bits per heavy atom. The molecule has 10 heteroatoms. The maximum atomic E-state index is 12.7. The fourth-order valence-corrected chi connectivity index (χ4v) is 4.99. The third-order valence-electron chi connectivity index (χ3n) is 6.23. The summed E-state index contributed by atoms with van der Waals surface area (Å²) in [6.07, 6.45) is -0.921. The molecule has 9 nitrogen and oxygen atoms in total. The van der Waals surface area contributed by atoms with Crippen molar-refractivity contribution in [2.75, 3.05) is 31.0 Å². The van der Waals surface area contributed by atoms with Gasteiger partial charge < -0.3 is 19.5 Å². The second kappa shape index (κ2) is 12.5. The van der Waals surface area contributed by atoms with Crippen LogP contribution in [0.3, 0.4) is 0 Å². The quantitative estimate of drug-likeness (QED) is 0.203. The first-order valence-electron chi connectivity index (χ1n) is 11.9. The zero-order chi connectivity index (χ0) is 27.9. The largest absolute Gasteiger partial charge is 0.467 e. The van der Waals surface area contributed by atoms with E-state index in [0.717, 1.165) is 10.9 Å². The molecule has 0 fully saturated rings. The van der Waals surface area contributed by atoms with Crippen LogP contribution in [0.25, 0.3) is 10.8 Å². The van der Waals surface area contributed by atoms with Crippen LogP contribution in [-0.2, 0) is 35.1 Å². The highest BCUT2D eigenvalue weighted by Gasteiger charge is 2.25. The molecule has 0 radical (unpaired) electrons. The van der Waals surface area contributed by atoms with Crippen molar-refractivity contribution in [3.63, 3.8) is 0 Å². The van der Waals surface area contributed by atoms with Crippen LogP contribution in [0.5, 0.6) is 0 Å². The van der Waals surface area contributed by atoms with Crippen LogP contribution in [0.2, 0.25) is 0 Å². The van der Waals surface area contributed by atoms with Crippen LogP contribution in [0.15, 0.2) is 91.0 Å². The number of rotatable bonds is 10. The molecule has 1 unspecified atom stereocenters. The van der Waals surface area contributed by atoms with Crippen molar-refractivity contribution in [1.29, 1.82) is 0 Å². The van der Waals surface area contributed by atoms with Gasteiger partial charge in [0.05, 0.1) is 25.6 Å². The van der Waals surface area contributed by atoms with E-state index >= 15 is 0 Å². The molecule has 0 heterocycles. The van der Waals surface area contributed by atoms with Gasteiger partial charge in [-0.15, -0.1) is 0 Å². The monoisotopic (exact) mass is 548 g/mol. The number of methoxy groups -OCH3 is 3. The van der Waals surface area contributed by atoms with E-state index in [1.54, 1.807) is 36.4 Å². The molecule has 0 saturated carbocycles. The summed E-state index contributed by atoms with van der Waals surface area (Å²) in [6.45, 7) is 0. The summed E-state index contributed by atoms with van der Waals surface area (Å²) in [5, 5.41) is 4.69. The number of nitrogens with zero attached hydrogens (tertiary/aromatic N) is 1. The molecular formula is C29H28N2O7S. The van der Waals surface area contributed by atoms with Gasteiger partial charge in [-0.25, -0.2) is 18.1 Å². The van der Waals surface area contributed by atoms with Crippen molar-refractivity contribution in [3.8, 4) is 0 Å². The SMILES string of the molecule is COC(=O)[C@@H](Nc1ccc(N(c2ccc([C@H](OC)C(=O)OC)cc2)S(=O)O)c2ccccc12)c1ccccc1. The number of esters is 2. The summed E-state index contributed by atoms with van der Waals surface area (Å²) in [6, 6.07) is 25.8. The third kappa shape index (κ3) is 5.93. The zero-order valence-electron chi connectivity index (χ0n) is 21.6. The Morgan fingerprint density at radius 3 is 1.97 bits per heavy atom. The second-order valence-electron chi connectivity index (χ2n) is 8.44. The number of ether oxygens (including phenoxy) is 3. The predicted octanol–water partition coefficient (Wildman–Crippen LogP) is 5.30. The van der Waals surface area contributed by atoms with Gasteiger partial charge in [-0.3, -0.25) is 4.55 Å². The van der Waals surface area contributed by atoms with Gasteiger partial charge in [0.1, 0.15) is 0 Å². The van der Waals surface area contributed by atoms with Gasteiger partial charge in [-0.05, 0) is 35.4 Å². The minimum Gasteiger partial charge on any atom is -0.467 e. The van der Waals surface area contributed by atoms with E-state index in [2.05, 4.69) is 5.32 Å². The van der Waals surface area contributed by atoms with Crippen LogP contribution in [0.1, 0.15) is 23.3 Å². The summed E-state index contributed by atoms with van der Waals surface area (Å²) in [7, 11) is 4.01. The molecule has 3 atom stereocenters. The summed E-state index contributed by atoms with van der Waals surface area (Å²) in [5.41, 5.74) is 2.80. The van der Waals surface area contributed by atoms with Crippen molar-refractivity contribution in [2.24, 2.45) is 0 Å². The molecule has 0 amide bonds. The maximum absolute atomic E-state index is 12.7.